The van der Waals surface area contributed by atoms with E-state index in [1.807, 2.05) is 24.3 Å². The fourth-order valence-corrected chi connectivity index (χ4v) is 3.27. The molecular formula is C21H20FN3O3. The van der Waals surface area contributed by atoms with Gasteiger partial charge in [-0.3, -0.25) is 4.79 Å². The topological polar surface area (TPSA) is 58.8 Å². The minimum Gasteiger partial charge on any atom is -0.497 e. The quantitative estimate of drug-likeness (QED) is 0.693. The molecule has 0 atom stereocenters. The van der Waals surface area contributed by atoms with Crippen molar-refractivity contribution in [3.05, 3.63) is 66.2 Å². The standard InChI is InChI=1S/C21H20FN3O3/c1-27-18-4-2-3-15(13-18)19-14-20(28-23-19)21(26)25-11-9-24(10-12-25)17-7-5-16(22)6-8-17/h2-8,13-14H,9-12H2,1H3. The predicted molar refractivity (Wildman–Crippen MR) is 103 cm³/mol. The fourth-order valence-electron chi connectivity index (χ4n) is 3.27. The normalized spacial score (nSPS) is 14.2. The highest BCUT2D eigenvalue weighted by Gasteiger charge is 2.25. The smallest absolute Gasteiger partial charge is 0.292 e. The summed E-state index contributed by atoms with van der Waals surface area (Å²) in [6, 6.07) is 15.5. The van der Waals surface area contributed by atoms with Gasteiger partial charge in [-0.05, 0) is 36.4 Å². The molecular weight excluding hydrogens is 361 g/mol. The van der Waals surface area contributed by atoms with E-state index in [9.17, 15) is 9.18 Å². The molecule has 1 saturated heterocycles. The molecule has 28 heavy (non-hydrogen) atoms. The second-order valence-electron chi connectivity index (χ2n) is 6.56. The molecule has 144 valence electrons. The summed E-state index contributed by atoms with van der Waals surface area (Å²) < 4.78 is 23.6. The van der Waals surface area contributed by atoms with E-state index < -0.39 is 0 Å². The van der Waals surface area contributed by atoms with Gasteiger partial charge in [-0.25, -0.2) is 4.39 Å². The van der Waals surface area contributed by atoms with E-state index in [1.165, 1.54) is 12.1 Å². The van der Waals surface area contributed by atoms with Crippen LogP contribution in [0.2, 0.25) is 0 Å². The molecule has 6 nitrogen and oxygen atoms in total. The average Bonchev–Trinajstić information content (AvgIpc) is 3.24. The zero-order valence-electron chi connectivity index (χ0n) is 15.5. The molecule has 0 bridgehead atoms. The molecule has 1 fully saturated rings. The Balaban J connectivity index is 1.41. The van der Waals surface area contributed by atoms with Gasteiger partial charge in [-0.1, -0.05) is 17.3 Å². The van der Waals surface area contributed by atoms with Gasteiger partial charge in [0.15, 0.2) is 0 Å². The lowest BCUT2D eigenvalue weighted by Crippen LogP contribution is -2.48. The molecule has 0 unspecified atom stereocenters. The fraction of sp³-hybridized carbons (Fsp3) is 0.238. The second kappa shape index (κ2) is 7.72. The first-order valence-electron chi connectivity index (χ1n) is 9.05. The van der Waals surface area contributed by atoms with Gasteiger partial charge in [0.2, 0.25) is 5.76 Å². The van der Waals surface area contributed by atoms with Gasteiger partial charge in [0.05, 0.1) is 7.11 Å². The number of amides is 1. The summed E-state index contributed by atoms with van der Waals surface area (Å²) in [5, 5.41) is 4.02. The highest BCUT2D eigenvalue weighted by atomic mass is 19.1. The molecule has 7 heteroatoms. The van der Waals surface area contributed by atoms with E-state index >= 15 is 0 Å². The predicted octanol–water partition coefficient (Wildman–Crippen LogP) is 3.45. The summed E-state index contributed by atoms with van der Waals surface area (Å²) in [4.78, 5) is 16.6. The van der Waals surface area contributed by atoms with Crippen molar-refractivity contribution in [2.75, 3.05) is 38.2 Å². The van der Waals surface area contributed by atoms with Crippen LogP contribution in [0.15, 0.2) is 59.1 Å². The van der Waals surface area contributed by atoms with Crippen molar-refractivity contribution < 1.29 is 18.4 Å². The summed E-state index contributed by atoms with van der Waals surface area (Å²) in [5.74, 6) is 0.494. The molecule has 1 aromatic heterocycles. The molecule has 1 aliphatic rings. The number of methoxy groups -OCH3 is 1. The molecule has 4 rings (SSSR count). The second-order valence-corrected chi connectivity index (χ2v) is 6.56. The van der Waals surface area contributed by atoms with Crippen molar-refractivity contribution in [2.45, 2.75) is 0 Å². The molecule has 0 aliphatic carbocycles. The number of hydrogen-bond donors (Lipinski definition) is 0. The van der Waals surface area contributed by atoms with Gasteiger partial charge >= 0.3 is 0 Å². The van der Waals surface area contributed by atoms with Crippen LogP contribution in [0.4, 0.5) is 10.1 Å². The lowest BCUT2D eigenvalue weighted by Gasteiger charge is -2.35. The minimum atomic E-state index is -0.255. The summed E-state index contributed by atoms with van der Waals surface area (Å²) in [5.41, 5.74) is 2.36. The number of ether oxygens (including phenoxy) is 1. The summed E-state index contributed by atoms with van der Waals surface area (Å²) in [6.45, 7) is 2.47. The maximum absolute atomic E-state index is 13.1. The summed E-state index contributed by atoms with van der Waals surface area (Å²) in [6.07, 6.45) is 0. The van der Waals surface area contributed by atoms with Gasteiger partial charge in [0.25, 0.3) is 5.91 Å². The SMILES string of the molecule is COc1cccc(-c2cc(C(=O)N3CCN(c4ccc(F)cc4)CC3)on2)c1. The van der Waals surface area contributed by atoms with Crippen molar-refractivity contribution in [3.8, 4) is 17.0 Å². The van der Waals surface area contributed by atoms with Crippen LogP contribution in [0.3, 0.4) is 0 Å². The van der Waals surface area contributed by atoms with Crippen LogP contribution in [0, 0.1) is 5.82 Å². The number of halogens is 1. The van der Waals surface area contributed by atoms with Crippen LogP contribution in [0.1, 0.15) is 10.6 Å². The third kappa shape index (κ3) is 3.69. The Hall–Kier alpha value is -3.35. The van der Waals surface area contributed by atoms with E-state index in [-0.39, 0.29) is 17.5 Å². The Labute approximate surface area is 162 Å². The number of hydrogen-bond acceptors (Lipinski definition) is 5. The van der Waals surface area contributed by atoms with E-state index in [0.717, 1.165) is 11.3 Å². The van der Waals surface area contributed by atoms with Crippen molar-refractivity contribution in [2.24, 2.45) is 0 Å². The van der Waals surface area contributed by atoms with Crippen molar-refractivity contribution >= 4 is 11.6 Å². The Bertz CT molecular complexity index is 963. The van der Waals surface area contributed by atoms with Gasteiger partial charge in [-0.2, -0.15) is 0 Å². The molecule has 1 amide bonds. The maximum atomic E-state index is 13.1. The van der Waals surface area contributed by atoms with E-state index in [0.29, 0.717) is 37.6 Å². The van der Waals surface area contributed by atoms with Crippen LogP contribution in [-0.4, -0.2) is 49.3 Å². The highest BCUT2D eigenvalue weighted by Crippen LogP contribution is 2.24. The number of nitrogens with zero attached hydrogens (tertiary/aromatic N) is 3. The third-order valence-electron chi connectivity index (χ3n) is 4.85. The number of carbonyl (C=O) groups excluding carboxylic acids is 1. The molecule has 2 aromatic carbocycles. The van der Waals surface area contributed by atoms with Gasteiger partial charge in [0.1, 0.15) is 17.3 Å². The number of aromatic nitrogens is 1. The number of benzene rings is 2. The maximum Gasteiger partial charge on any atom is 0.292 e. The lowest BCUT2D eigenvalue weighted by molar-refractivity contribution is 0.0705. The summed E-state index contributed by atoms with van der Waals surface area (Å²) in [7, 11) is 1.60. The van der Waals surface area contributed by atoms with Gasteiger partial charge < -0.3 is 19.1 Å². The van der Waals surface area contributed by atoms with Crippen molar-refractivity contribution in [1.82, 2.24) is 10.1 Å². The Morgan fingerprint density at radius 1 is 1.07 bits per heavy atom. The molecule has 0 spiro atoms. The van der Waals surface area contributed by atoms with Gasteiger partial charge in [0, 0.05) is 43.5 Å². The van der Waals surface area contributed by atoms with Crippen molar-refractivity contribution in [3.63, 3.8) is 0 Å². The first kappa shape index (κ1) is 18.0. The Morgan fingerprint density at radius 3 is 2.54 bits per heavy atom. The van der Waals surface area contributed by atoms with Crippen LogP contribution in [-0.2, 0) is 0 Å². The number of rotatable bonds is 4. The number of carbonyl (C=O) groups is 1. The van der Waals surface area contributed by atoms with E-state index in [4.69, 9.17) is 9.26 Å². The molecule has 0 radical (unpaired) electrons. The zero-order chi connectivity index (χ0) is 19.5. The first-order valence-corrected chi connectivity index (χ1v) is 9.05. The molecule has 0 saturated carbocycles. The Kier molecular flexibility index (Phi) is 4.97. The van der Waals surface area contributed by atoms with Crippen LogP contribution in [0.5, 0.6) is 5.75 Å². The highest BCUT2D eigenvalue weighted by molar-refractivity contribution is 5.92. The largest absolute Gasteiger partial charge is 0.497 e. The Morgan fingerprint density at radius 2 is 1.82 bits per heavy atom. The number of piperazine rings is 1. The molecule has 3 aromatic rings. The van der Waals surface area contributed by atoms with Gasteiger partial charge in [-0.15, -0.1) is 0 Å². The van der Waals surface area contributed by atoms with Crippen LogP contribution in [0.25, 0.3) is 11.3 Å². The van der Waals surface area contributed by atoms with Crippen molar-refractivity contribution in [1.29, 1.82) is 0 Å². The molecule has 2 heterocycles. The molecule has 1 aliphatic heterocycles. The van der Waals surface area contributed by atoms with Crippen LogP contribution >= 0.6 is 0 Å². The van der Waals surface area contributed by atoms with Crippen LogP contribution < -0.4 is 9.64 Å². The monoisotopic (exact) mass is 381 g/mol. The van der Waals surface area contributed by atoms with E-state index in [1.54, 1.807) is 30.2 Å². The first-order chi connectivity index (χ1) is 13.6. The summed E-state index contributed by atoms with van der Waals surface area (Å²) >= 11 is 0. The third-order valence-corrected chi connectivity index (χ3v) is 4.85. The minimum absolute atomic E-state index is 0.180. The average molecular weight is 381 g/mol. The van der Waals surface area contributed by atoms with E-state index in [2.05, 4.69) is 10.1 Å². The number of anilines is 1. The zero-order valence-corrected chi connectivity index (χ0v) is 15.5. The lowest BCUT2D eigenvalue weighted by atomic mass is 10.1. The molecule has 0 N–H and O–H groups in total.